The Morgan fingerprint density at radius 2 is 2.17 bits per heavy atom. The standard InChI is InChI=1S/C12H13F2N3O/c13-8-4-10-11(5-9(8)14)17-12(16-10)3-7-6-15-1-2-18-7/h4-5,7,15H,1-3,6H2,(H,16,17). The third-order valence-electron chi connectivity index (χ3n) is 3.00. The molecule has 1 saturated heterocycles. The van der Waals surface area contributed by atoms with Gasteiger partial charge in [-0.15, -0.1) is 0 Å². The van der Waals surface area contributed by atoms with E-state index in [1.807, 2.05) is 0 Å². The summed E-state index contributed by atoms with van der Waals surface area (Å²) < 4.78 is 31.7. The van der Waals surface area contributed by atoms with Crippen LogP contribution in [0.15, 0.2) is 12.1 Å². The average molecular weight is 253 g/mol. The van der Waals surface area contributed by atoms with E-state index in [9.17, 15) is 8.78 Å². The molecule has 0 spiro atoms. The lowest BCUT2D eigenvalue weighted by atomic mass is 10.2. The monoisotopic (exact) mass is 253 g/mol. The molecule has 1 atom stereocenters. The van der Waals surface area contributed by atoms with E-state index in [0.717, 1.165) is 25.2 Å². The van der Waals surface area contributed by atoms with Crippen molar-refractivity contribution < 1.29 is 13.5 Å². The van der Waals surface area contributed by atoms with Crippen molar-refractivity contribution in [1.82, 2.24) is 15.3 Å². The molecule has 1 aromatic carbocycles. The number of aromatic nitrogens is 2. The van der Waals surface area contributed by atoms with E-state index in [4.69, 9.17) is 4.74 Å². The molecular formula is C12H13F2N3O. The number of ether oxygens (including phenoxy) is 1. The highest BCUT2D eigenvalue weighted by molar-refractivity contribution is 5.75. The minimum absolute atomic E-state index is 0.0500. The molecule has 1 aromatic heterocycles. The van der Waals surface area contributed by atoms with Gasteiger partial charge in [0.05, 0.1) is 23.7 Å². The summed E-state index contributed by atoms with van der Waals surface area (Å²) in [5.41, 5.74) is 0.945. The second-order valence-electron chi connectivity index (χ2n) is 4.37. The quantitative estimate of drug-likeness (QED) is 0.850. The summed E-state index contributed by atoms with van der Waals surface area (Å²) in [7, 11) is 0. The van der Waals surface area contributed by atoms with Gasteiger partial charge in [0.2, 0.25) is 0 Å². The largest absolute Gasteiger partial charge is 0.375 e. The van der Waals surface area contributed by atoms with Gasteiger partial charge >= 0.3 is 0 Å². The number of nitrogens with zero attached hydrogens (tertiary/aromatic N) is 1. The second kappa shape index (κ2) is 4.62. The van der Waals surface area contributed by atoms with Gasteiger partial charge in [0.15, 0.2) is 11.6 Å². The maximum atomic E-state index is 13.1. The third-order valence-corrected chi connectivity index (χ3v) is 3.00. The van der Waals surface area contributed by atoms with E-state index < -0.39 is 11.6 Å². The van der Waals surface area contributed by atoms with Crippen LogP contribution in [0.5, 0.6) is 0 Å². The molecule has 2 aromatic rings. The summed E-state index contributed by atoms with van der Waals surface area (Å²) in [6.45, 7) is 2.29. The van der Waals surface area contributed by atoms with Gasteiger partial charge < -0.3 is 15.0 Å². The van der Waals surface area contributed by atoms with Crippen LogP contribution in [0.1, 0.15) is 5.82 Å². The highest BCUT2D eigenvalue weighted by atomic mass is 19.2. The molecule has 1 aliphatic rings. The Hall–Kier alpha value is -1.53. The van der Waals surface area contributed by atoms with Crippen molar-refractivity contribution >= 4 is 11.0 Å². The predicted molar refractivity (Wildman–Crippen MR) is 62.3 cm³/mol. The molecule has 18 heavy (non-hydrogen) atoms. The lowest BCUT2D eigenvalue weighted by Crippen LogP contribution is -2.39. The maximum Gasteiger partial charge on any atom is 0.161 e. The first-order valence-corrected chi connectivity index (χ1v) is 5.88. The molecule has 1 aliphatic heterocycles. The average Bonchev–Trinajstić information content (AvgIpc) is 2.72. The highest BCUT2D eigenvalue weighted by Gasteiger charge is 2.16. The van der Waals surface area contributed by atoms with E-state index in [2.05, 4.69) is 15.3 Å². The zero-order chi connectivity index (χ0) is 12.5. The molecule has 0 aliphatic carbocycles. The highest BCUT2D eigenvalue weighted by Crippen LogP contribution is 2.17. The minimum Gasteiger partial charge on any atom is -0.375 e. The molecule has 0 saturated carbocycles. The van der Waals surface area contributed by atoms with Crippen LogP contribution in [0, 0.1) is 11.6 Å². The van der Waals surface area contributed by atoms with Gasteiger partial charge in [-0.05, 0) is 0 Å². The van der Waals surface area contributed by atoms with Gasteiger partial charge in [-0.1, -0.05) is 0 Å². The fourth-order valence-corrected chi connectivity index (χ4v) is 2.12. The molecule has 6 heteroatoms. The fourth-order valence-electron chi connectivity index (χ4n) is 2.12. The van der Waals surface area contributed by atoms with Crippen LogP contribution in [-0.4, -0.2) is 35.8 Å². The van der Waals surface area contributed by atoms with Crippen molar-refractivity contribution in [3.8, 4) is 0 Å². The number of H-pyrrole nitrogens is 1. The Morgan fingerprint density at radius 3 is 2.94 bits per heavy atom. The van der Waals surface area contributed by atoms with Crippen LogP contribution in [0.3, 0.4) is 0 Å². The number of fused-ring (bicyclic) bond motifs is 1. The molecular weight excluding hydrogens is 240 g/mol. The van der Waals surface area contributed by atoms with Crippen molar-refractivity contribution in [2.45, 2.75) is 12.5 Å². The fraction of sp³-hybridized carbons (Fsp3) is 0.417. The molecule has 0 amide bonds. The van der Waals surface area contributed by atoms with Crippen molar-refractivity contribution in [1.29, 1.82) is 0 Å². The van der Waals surface area contributed by atoms with Crippen LogP contribution < -0.4 is 5.32 Å². The number of imidazole rings is 1. The van der Waals surface area contributed by atoms with Crippen LogP contribution in [0.25, 0.3) is 11.0 Å². The Labute approximate surface area is 102 Å². The van der Waals surface area contributed by atoms with Crippen LogP contribution >= 0.6 is 0 Å². The summed E-state index contributed by atoms with van der Waals surface area (Å²) in [5.74, 6) is -1.06. The van der Waals surface area contributed by atoms with E-state index >= 15 is 0 Å². The summed E-state index contributed by atoms with van der Waals surface area (Å²) in [6, 6.07) is 2.23. The van der Waals surface area contributed by atoms with Gasteiger partial charge in [0, 0.05) is 31.6 Å². The number of hydrogen-bond donors (Lipinski definition) is 2. The van der Waals surface area contributed by atoms with Crippen molar-refractivity contribution in [2.24, 2.45) is 0 Å². The van der Waals surface area contributed by atoms with Gasteiger partial charge in [-0.2, -0.15) is 0 Å². The molecule has 0 radical (unpaired) electrons. The van der Waals surface area contributed by atoms with Gasteiger partial charge in [0.25, 0.3) is 0 Å². The number of nitrogens with one attached hydrogen (secondary N) is 2. The van der Waals surface area contributed by atoms with E-state index in [0.29, 0.717) is 29.9 Å². The predicted octanol–water partition coefficient (Wildman–Crippen LogP) is 1.37. The summed E-state index contributed by atoms with van der Waals surface area (Å²) in [6.07, 6.45) is 0.652. The Kier molecular flexibility index (Phi) is 2.97. The lowest BCUT2D eigenvalue weighted by Gasteiger charge is -2.22. The SMILES string of the molecule is Fc1cc2nc(CC3CNCCO3)[nH]c2cc1F. The topological polar surface area (TPSA) is 49.9 Å². The number of hydrogen-bond acceptors (Lipinski definition) is 3. The number of halogens is 2. The first kappa shape index (κ1) is 11.6. The molecule has 2 heterocycles. The Morgan fingerprint density at radius 1 is 1.33 bits per heavy atom. The third kappa shape index (κ3) is 2.21. The molecule has 3 rings (SSSR count). The van der Waals surface area contributed by atoms with Crippen molar-refractivity contribution in [3.05, 3.63) is 29.6 Å². The van der Waals surface area contributed by atoms with Crippen molar-refractivity contribution in [2.75, 3.05) is 19.7 Å². The Bertz CT molecular complexity index is 525. The first-order valence-electron chi connectivity index (χ1n) is 5.88. The lowest BCUT2D eigenvalue weighted by molar-refractivity contribution is 0.0282. The van der Waals surface area contributed by atoms with E-state index in [1.165, 1.54) is 0 Å². The van der Waals surface area contributed by atoms with Crippen LogP contribution in [0.2, 0.25) is 0 Å². The molecule has 96 valence electrons. The summed E-state index contributed by atoms with van der Waals surface area (Å²) >= 11 is 0. The number of rotatable bonds is 2. The molecule has 0 bridgehead atoms. The van der Waals surface area contributed by atoms with Gasteiger partial charge in [-0.25, -0.2) is 13.8 Å². The zero-order valence-corrected chi connectivity index (χ0v) is 9.67. The van der Waals surface area contributed by atoms with E-state index in [1.54, 1.807) is 0 Å². The minimum atomic E-state index is -0.879. The molecule has 4 nitrogen and oxygen atoms in total. The first-order chi connectivity index (χ1) is 8.72. The zero-order valence-electron chi connectivity index (χ0n) is 9.67. The summed E-state index contributed by atoms with van der Waals surface area (Å²) in [5, 5.41) is 3.22. The van der Waals surface area contributed by atoms with Crippen LogP contribution in [-0.2, 0) is 11.2 Å². The maximum absolute atomic E-state index is 13.1. The molecule has 1 fully saturated rings. The summed E-state index contributed by atoms with van der Waals surface area (Å²) in [4.78, 5) is 7.22. The van der Waals surface area contributed by atoms with Gasteiger partial charge in [0.1, 0.15) is 5.82 Å². The Balaban J connectivity index is 1.84. The molecule has 1 unspecified atom stereocenters. The smallest absolute Gasteiger partial charge is 0.161 e. The number of aromatic amines is 1. The van der Waals surface area contributed by atoms with Crippen molar-refractivity contribution in [3.63, 3.8) is 0 Å². The van der Waals surface area contributed by atoms with Gasteiger partial charge in [-0.3, -0.25) is 0 Å². The normalized spacial score (nSPS) is 20.4. The number of benzene rings is 1. The van der Waals surface area contributed by atoms with Crippen LogP contribution in [0.4, 0.5) is 8.78 Å². The second-order valence-corrected chi connectivity index (χ2v) is 4.37. The molecule has 2 N–H and O–H groups in total. The number of morpholine rings is 1. The van der Waals surface area contributed by atoms with E-state index in [-0.39, 0.29) is 6.10 Å².